The van der Waals surface area contributed by atoms with Gasteiger partial charge in [-0.1, -0.05) is 41.6 Å². The summed E-state index contributed by atoms with van der Waals surface area (Å²) in [6.07, 6.45) is 8.05. The van der Waals surface area contributed by atoms with Gasteiger partial charge in [0.25, 0.3) is 0 Å². The topological polar surface area (TPSA) is 87.2 Å². The molecule has 3 aromatic heterocycles. The molecule has 0 unspecified atom stereocenters. The number of nitrogens with one attached hydrogen (secondary N) is 3. The summed E-state index contributed by atoms with van der Waals surface area (Å²) in [5.74, 6) is 0.878. The van der Waals surface area contributed by atoms with Crippen molar-refractivity contribution in [2.24, 2.45) is 5.92 Å². The molecule has 1 saturated carbocycles. The van der Waals surface area contributed by atoms with Crippen molar-refractivity contribution in [3.05, 3.63) is 60.0 Å². The van der Waals surface area contributed by atoms with Crippen molar-refractivity contribution in [1.29, 1.82) is 0 Å². The number of aromatic amines is 2. The van der Waals surface area contributed by atoms with E-state index >= 15 is 0 Å². The lowest BCUT2D eigenvalue weighted by Gasteiger charge is -2.25. The Morgan fingerprint density at radius 1 is 1.15 bits per heavy atom. The minimum Gasteiger partial charge on any atom is -0.357 e. The molecule has 7 nitrogen and oxygen atoms in total. The normalized spacial score (nSPS) is 14.3. The molecule has 1 aliphatic rings. The quantitative estimate of drug-likeness (QED) is 0.313. The monoisotopic (exact) mass is 453 g/mol. The Morgan fingerprint density at radius 3 is 2.94 bits per heavy atom. The Balaban J connectivity index is 1.19. The molecule has 0 atom stereocenters. The molecule has 2 aromatic carbocycles. The maximum atomic E-state index is 4.47. The molecular formula is C25H27N7Si. The first-order chi connectivity index (χ1) is 16.2. The molecule has 1 aliphatic carbocycles. The number of aromatic nitrogens is 6. The van der Waals surface area contributed by atoms with E-state index in [1.165, 1.54) is 46.6 Å². The average Bonchev–Trinajstić information content (AvgIpc) is 3.53. The van der Waals surface area contributed by atoms with E-state index in [9.17, 15) is 0 Å². The Labute approximate surface area is 194 Å². The van der Waals surface area contributed by atoms with Crippen LogP contribution in [0.3, 0.4) is 0 Å². The lowest BCUT2D eigenvalue weighted by atomic mass is 9.85. The highest BCUT2D eigenvalue weighted by molar-refractivity contribution is 6.52. The minimum atomic E-state index is 0.682. The van der Waals surface area contributed by atoms with Crippen LogP contribution in [0.1, 0.15) is 30.5 Å². The molecule has 33 heavy (non-hydrogen) atoms. The molecule has 0 saturated heterocycles. The third-order valence-corrected chi connectivity index (χ3v) is 7.59. The molecule has 5 aromatic rings. The van der Waals surface area contributed by atoms with Gasteiger partial charge in [0.05, 0.1) is 34.0 Å². The van der Waals surface area contributed by atoms with Crippen LogP contribution in [0.15, 0.2) is 48.8 Å². The lowest BCUT2D eigenvalue weighted by molar-refractivity contribution is 0.301. The average molecular weight is 454 g/mol. The van der Waals surface area contributed by atoms with E-state index in [2.05, 4.69) is 73.8 Å². The highest BCUT2D eigenvalue weighted by Gasteiger charge is 2.16. The fourth-order valence-corrected chi connectivity index (χ4v) is 5.21. The van der Waals surface area contributed by atoms with E-state index in [4.69, 9.17) is 0 Å². The molecular weight excluding hydrogens is 426 g/mol. The summed E-state index contributed by atoms with van der Waals surface area (Å²) in [5.41, 5.74) is 6.61. The van der Waals surface area contributed by atoms with Gasteiger partial charge in [-0.05, 0) is 54.5 Å². The molecule has 2 radical (unpaired) electrons. The first-order valence-electron chi connectivity index (χ1n) is 11.6. The van der Waals surface area contributed by atoms with E-state index in [1.54, 1.807) is 0 Å². The van der Waals surface area contributed by atoms with Gasteiger partial charge < -0.3 is 10.3 Å². The summed E-state index contributed by atoms with van der Waals surface area (Å²) in [4.78, 5) is 3.57. The highest BCUT2D eigenvalue weighted by atomic mass is 28.2. The SMILES string of the molecule is C[Si]c1cc(-c2cn(Cc3ccc4cc(CNCC5CCC5)[nH]c4c3)nn2)c2cn[nH]c2c1. The van der Waals surface area contributed by atoms with Gasteiger partial charge in [-0.2, -0.15) is 5.10 Å². The van der Waals surface area contributed by atoms with Gasteiger partial charge in [-0.15, -0.1) is 5.10 Å². The fourth-order valence-electron chi connectivity index (χ4n) is 4.63. The van der Waals surface area contributed by atoms with Crippen molar-refractivity contribution in [3.8, 4) is 11.3 Å². The van der Waals surface area contributed by atoms with Crippen LogP contribution in [0.2, 0.25) is 6.55 Å². The molecule has 0 amide bonds. The zero-order chi connectivity index (χ0) is 22.2. The van der Waals surface area contributed by atoms with Crippen molar-refractivity contribution in [3.63, 3.8) is 0 Å². The van der Waals surface area contributed by atoms with Crippen molar-refractivity contribution >= 4 is 36.5 Å². The summed E-state index contributed by atoms with van der Waals surface area (Å²) in [6, 6.07) is 13.2. The summed E-state index contributed by atoms with van der Waals surface area (Å²) in [6.45, 7) is 4.89. The molecule has 166 valence electrons. The largest absolute Gasteiger partial charge is 0.357 e. The van der Waals surface area contributed by atoms with E-state index in [0.29, 0.717) is 16.1 Å². The molecule has 3 N–H and O–H groups in total. The van der Waals surface area contributed by atoms with Gasteiger partial charge >= 0.3 is 0 Å². The zero-order valence-electron chi connectivity index (χ0n) is 18.7. The maximum absolute atomic E-state index is 4.47. The van der Waals surface area contributed by atoms with E-state index in [1.807, 2.05) is 17.1 Å². The summed E-state index contributed by atoms with van der Waals surface area (Å²) >= 11 is 0. The Bertz CT molecular complexity index is 1410. The zero-order valence-corrected chi connectivity index (χ0v) is 19.7. The number of hydrogen-bond donors (Lipinski definition) is 3. The second kappa shape index (κ2) is 8.61. The third kappa shape index (κ3) is 4.12. The van der Waals surface area contributed by atoms with Gasteiger partial charge in [-0.3, -0.25) is 5.10 Å². The Kier molecular flexibility index (Phi) is 5.31. The van der Waals surface area contributed by atoms with Gasteiger partial charge in [-0.25, -0.2) is 4.68 Å². The summed E-state index contributed by atoms with van der Waals surface area (Å²) in [5, 5.41) is 23.4. The number of hydrogen-bond acceptors (Lipinski definition) is 4. The van der Waals surface area contributed by atoms with Gasteiger partial charge in [0.1, 0.15) is 5.69 Å². The first kappa shape index (κ1) is 20.4. The van der Waals surface area contributed by atoms with Gasteiger partial charge in [0.15, 0.2) is 0 Å². The second-order valence-corrected chi connectivity index (χ2v) is 10.1. The third-order valence-electron chi connectivity index (χ3n) is 6.72. The number of nitrogens with zero attached hydrogens (tertiary/aromatic N) is 4. The number of fused-ring (bicyclic) bond motifs is 2. The van der Waals surface area contributed by atoms with E-state index in [-0.39, 0.29) is 0 Å². The molecule has 1 fully saturated rings. The van der Waals surface area contributed by atoms with E-state index < -0.39 is 0 Å². The molecule has 0 aliphatic heterocycles. The van der Waals surface area contributed by atoms with Crippen molar-refractivity contribution in [2.75, 3.05) is 6.54 Å². The maximum Gasteiger partial charge on any atom is 0.113 e. The second-order valence-electron chi connectivity index (χ2n) is 9.05. The van der Waals surface area contributed by atoms with Crippen LogP contribution >= 0.6 is 0 Å². The molecule has 8 heteroatoms. The van der Waals surface area contributed by atoms with Crippen molar-refractivity contribution < 1.29 is 0 Å². The lowest BCUT2D eigenvalue weighted by Crippen LogP contribution is -2.26. The predicted octanol–water partition coefficient (Wildman–Crippen LogP) is 3.62. The number of benzene rings is 2. The first-order valence-corrected chi connectivity index (χ1v) is 13.1. The van der Waals surface area contributed by atoms with Crippen LogP contribution in [-0.2, 0) is 13.1 Å². The van der Waals surface area contributed by atoms with Gasteiger partial charge in [0.2, 0.25) is 0 Å². The van der Waals surface area contributed by atoms with Gasteiger partial charge in [0, 0.05) is 28.7 Å². The van der Waals surface area contributed by atoms with Crippen LogP contribution in [0, 0.1) is 5.92 Å². The standard InChI is InChI=1S/C25H27N7Si/c1-33-20-9-21(22-13-27-29-24(22)10-20)25-15-32(31-30-25)14-17-5-6-18-8-19(28-23(18)7-17)12-26-11-16-3-2-4-16/h5-10,13,15-16,26,28H,2-4,11-12,14H2,1H3,(H,27,29). The Morgan fingerprint density at radius 2 is 2.09 bits per heavy atom. The van der Waals surface area contributed by atoms with Crippen LogP contribution in [0.5, 0.6) is 0 Å². The van der Waals surface area contributed by atoms with Crippen molar-refractivity contribution in [1.82, 2.24) is 35.5 Å². The van der Waals surface area contributed by atoms with E-state index in [0.717, 1.165) is 41.2 Å². The number of rotatable bonds is 8. The molecule has 3 heterocycles. The van der Waals surface area contributed by atoms with Crippen LogP contribution in [-0.4, -0.2) is 46.2 Å². The molecule has 0 bridgehead atoms. The van der Waals surface area contributed by atoms with Crippen molar-refractivity contribution in [2.45, 2.75) is 38.9 Å². The van der Waals surface area contributed by atoms with Crippen LogP contribution in [0.25, 0.3) is 33.1 Å². The number of H-pyrrole nitrogens is 2. The van der Waals surface area contributed by atoms with Crippen LogP contribution < -0.4 is 10.5 Å². The minimum absolute atomic E-state index is 0.682. The molecule has 6 rings (SSSR count). The fraction of sp³-hybridized carbons (Fsp3) is 0.320. The van der Waals surface area contributed by atoms with Crippen LogP contribution in [0.4, 0.5) is 0 Å². The predicted molar refractivity (Wildman–Crippen MR) is 133 cm³/mol. The smallest absolute Gasteiger partial charge is 0.113 e. The molecule has 0 spiro atoms. The Hall–Kier alpha value is -3.23. The summed E-state index contributed by atoms with van der Waals surface area (Å²) in [7, 11) is 0.714. The highest BCUT2D eigenvalue weighted by Crippen LogP contribution is 2.26. The summed E-state index contributed by atoms with van der Waals surface area (Å²) < 4.78 is 1.91.